The molecule has 0 aliphatic rings. The Morgan fingerprint density at radius 1 is 1.31 bits per heavy atom. The van der Waals surface area contributed by atoms with Crippen molar-refractivity contribution in [2.24, 2.45) is 5.73 Å². The Hall–Kier alpha value is -1.32. The third-order valence-corrected chi connectivity index (χ3v) is 2.07. The lowest BCUT2D eigenvalue weighted by atomic mass is 10.1. The molecule has 0 spiro atoms. The second-order valence-electron chi connectivity index (χ2n) is 3.34. The Morgan fingerprint density at radius 3 is 2.50 bits per heavy atom. The lowest BCUT2D eigenvalue weighted by Crippen LogP contribution is -2.29. The normalized spacial score (nSPS) is 12.1. The fourth-order valence-electron chi connectivity index (χ4n) is 1.18. The van der Waals surface area contributed by atoms with Crippen molar-refractivity contribution < 1.29 is 9.90 Å². The molecule has 0 radical (unpaired) electrons. The van der Waals surface area contributed by atoms with Crippen LogP contribution in [0.5, 0.6) is 0 Å². The number of halogens is 1. The minimum absolute atomic E-state index is 0. The van der Waals surface area contributed by atoms with Crippen molar-refractivity contribution in [1.29, 1.82) is 0 Å². The van der Waals surface area contributed by atoms with Gasteiger partial charge >= 0.3 is 5.97 Å². The van der Waals surface area contributed by atoms with Gasteiger partial charge < -0.3 is 10.8 Å². The van der Waals surface area contributed by atoms with E-state index in [1.54, 1.807) is 0 Å². The van der Waals surface area contributed by atoms with Crippen molar-refractivity contribution in [2.75, 3.05) is 0 Å². The lowest BCUT2D eigenvalue weighted by molar-refractivity contribution is -0.138. The third-order valence-electron chi connectivity index (χ3n) is 2.07. The zero-order chi connectivity index (χ0) is 11.1. The number of benzene rings is 1. The number of aliphatic carboxylic acids is 1. The number of hydrogen-bond acceptors (Lipinski definition) is 2. The van der Waals surface area contributed by atoms with E-state index in [1.807, 2.05) is 42.5 Å². The van der Waals surface area contributed by atoms with Gasteiger partial charge in [-0.25, -0.2) is 0 Å². The number of allylic oxidation sites excluding steroid dienone is 1. The largest absolute Gasteiger partial charge is 0.480 e. The average molecular weight is 242 g/mol. The molecule has 0 heterocycles. The van der Waals surface area contributed by atoms with Gasteiger partial charge in [0.15, 0.2) is 0 Å². The van der Waals surface area contributed by atoms with E-state index in [0.29, 0.717) is 6.42 Å². The van der Waals surface area contributed by atoms with E-state index < -0.39 is 12.0 Å². The Kier molecular flexibility index (Phi) is 7.25. The van der Waals surface area contributed by atoms with Crippen molar-refractivity contribution in [3.05, 3.63) is 48.0 Å². The van der Waals surface area contributed by atoms with Crippen LogP contribution < -0.4 is 5.73 Å². The first-order valence-electron chi connectivity index (χ1n) is 4.87. The summed E-state index contributed by atoms with van der Waals surface area (Å²) in [5, 5.41) is 8.54. The minimum atomic E-state index is -0.959. The van der Waals surface area contributed by atoms with Gasteiger partial charge in [-0.1, -0.05) is 42.5 Å². The van der Waals surface area contributed by atoms with Crippen LogP contribution in [-0.2, 0) is 11.2 Å². The van der Waals surface area contributed by atoms with E-state index in [9.17, 15) is 4.79 Å². The van der Waals surface area contributed by atoms with Crippen LogP contribution in [0.25, 0.3) is 0 Å². The molecule has 1 rings (SSSR count). The van der Waals surface area contributed by atoms with E-state index in [1.165, 1.54) is 5.56 Å². The van der Waals surface area contributed by atoms with Crippen molar-refractivity contribution >= 4 is 18.4 Å². The molecule has 0 saturated heterocycles. The smallest absolute Gasteiger partial charge is 0.320 e. The van der Waals surface area contributed by atoms with Crippen LogP contribution in [0.2, 0.25) is 0 Å². The van der Waals surface area contributed by atoms with Crippen LogP contribution >= 0.6 is 12.4 Å². The molecule has 1 aromatic rings. The van der Waals surface area contributed by atoms with Gasteiger partial charge in [0.25, 0.3) is 0 Å². The first kappa shape index (κ1) is 14.7. The van der Waals surface area contributed by atoms with Crippen molar-refractivity contribution in [3.63, 3.8) is 0 Å². The molecule has 0 aliphatic carbocycles. The third kappa shape index (κ3) is 5.53. The standard InChI is InChI=1S/C12H15NO2.ClH/c13-11(12(14)15)9-5-4-8-10-6-2-1-3-7-10;/h1-7,11H,8-9,13H2,(H,14,15);1H/t11-;/m0./s1. The first-order chi connectivity index (χ1) is 7.20. The molecule has 0 aromatic heterocycles. The monoisotopic (exact) mass is 241 g/mol. The van der Waals surface area contributed by atoms with Gasteiger partial charge in [-0.05, 0) is 18.4 Å². The minimum Gasteiger partial charge on any atom is -0.480 e. The van der Waals surface area contributed by atoms with Gasteiger partial charge in [-0.15, -0.1) is 12.4 Å². The number of rotatable bonds is 5. The van der Waals surface area contributed by atoms with Gasteiger partial charge in [0.1, 0.15) is 6.04 Å². The zero-order valence-electron chi connectivity index (χ0n) is 8.87. The fourth-order valence-corrected chi connectivity index (χ4v) is 1.18. The molecule has 0 saturated carbocycles. The Morgan fingerprint density at radius 2 is 1.94 bits per heavy atom. The summed E-state index contributed by atoms with van der Waals surface area (Å²) in [5.41, 5.74) is 6.55. The van der Waals surface area contributed by atoms with E-state index in [2.05, 4.69) is 0 Å². The maximum Gasteiger partial charge on any atom is 0.320 e. The molecule has 0 amide bonds. The molecule has 0 fully saturated rings. The Balaban J connectivity index is 0.00000225. The molecule has 4 heteroatoms. The average Bonchev–Trinajstić information content (AvgIpc) is 2.25. The van der Waals surface area contributed by atoms with Crippen LogP contribution in [0.1, 0.15) is 12.0 Å². The molecule has 88 valence electrons. The second-order valence-corrected chi connectivity index (χ2v) is 3.34. The fraction of sp³-hybridized carbons (Fsp3) is 0.250. The highest BCUT2D eigenvalue weighted by atomic mass is 35.5. The summed E-state index contributed by atoms with van der Waals surface area (Å²) >= 11 is 0. The van der Waals surface area contributed by atoms with Gasteiger partial charge in [0, 0.05) is 0 Å². The van der Waals surface area contributed by atoms with Gasteiger partial charge in [-0.2, -0.15) is 0 Å². The van der Waals surface area contributed by atoms with Gasteiger partial charge in [0.05, 0.1) is 0 Å². The van der Waals surface area contributed by atoms with Crippen LogP contribution in [0, 0.1) is 0 Å². The molecule has 3 N–H and O–H groups in total. The van der Waals surface area contributed by atoms with E-state index in [4.69, 9.17) is 10.8 Å². The van der Waals surface area contributed by atoms with Gasteiger partial charge in [0.2, 0.25) is 0 Å². The molecule has 1 atom stereocenters. The zero-order valence-corrected chi connectivity index (χ0v) is 9.69. The SMILES string of the molecule is Cl.N[C@@H](CC=CCc1ccccc1)C(=O)O. The molecule has 1 aromatic carbocycles. The summed E-state index contributed by atoms with van der Waals surface area (Å²) in [6.45, 7) is 0. The summed E-state index contributed by atoms with van der Waals surface area (Å²) in [5.74, 6) is -0.959. The predicted octanol–water partition coefficient (Wildman–Crippen LogP) is 2.01. The molecular weight excluding hydrogens is 226 g/mol. The summed E-state index contributed by atoms with van der Waals surface area (Å²) in [4.78, 5) is 10.4. The summed E-state index contributed by atoms with van der Waals surface area (Å²) in [6.07, 6.45) is 4.94. The van der Waals surface area contributed by atoms with Crippen LogP contribution in [0.3, 0.4) is 0 Å². The summed E-state index contributed by atoms with van der Waals surface area (Å²) in [6, 6.07) is 9.19. The van der Waals surface area contributed by atoms with Crippen molar-refractivity contribution in [3.8, 4) is 0 Å². The van der Waals surface area contributed by atoms with E-state index >= 15 is 0 Å². The number of hydrogen-bond donors (Lipinski definition) is 2. The Labute approximate surface area is 101 Å². The molecule has 0 bridgehead atoms. The molecule has 3 nitrogen and oxygen atoms in total. The highest BCUT2D eigenvalue weighted by molar-refractivity contribution is 5.85. The summed E-state index contributed by atoms with van der Waals surface area (Å²) < 4.78 is 0. The number of carboxylic acid groups (broad SMARTS) is 1. The number of carboxylic acids is 1. The molecular formula is C12H16ClNO2. The number of carbonyl (C=O) groups is 1. The van der Waals surface area contributed by atoms with E-state index in [0.717, 1.165) is 6.42 Å². The topological polar surface area (TPSA) is 63.3 Å². The van der Waals surface area contributed by atoms with Crippen LogP contribution in [0.15, 0.2) is 42.5 Å². The van der Waals surface area contributed by atoms with Crippen LogP contribution in [-0.4, -0.2) is 17.1 Å². The predicted molar refractivity (Wildman–Crippen MR) is 66.8 cm³/mol. The number of nitrogens with two attached hydrogens (primary N) is 1. The molecule has 16 heavy (non-hydrogen) atoms. The molecule has 0 unspecified atom stereocenters. The van der Waals surface area contributed by atoms with E-state index in [-0.39, 0.29) is 12.4 Å². The van der Waals surface area contributed by atoms with Crippen molar-refractivity contribution in [1.82, 2.24) is 0 Å². The molecule has 0 aliphatic heterocycles. The quantitative estimate of drug-likeness (QED) is 0.776. The highest BCUT2D eigenvalue weighted by Gasteiger charge is 2.07. The highest BCUT2D eigenvalue weighted by Crippen LogP contribution is 2.01. The van der Waals surface area contributed by atoms with Crippen molar-refractivity contribution in [2.45, 2.75) is 18.9 Å². The van der Waals surface area contributed by atoms with Crippen LogP contribution in [0.4, 0.5) is 0 Å². The van der Waals surface area contributed by atoms with Gasteiger partial charge in [-0.3, -0.25) is 4.79 Å². The lowest BCUT2D eigenvalue weighted by Gasteiger charge is -2.00. The maximum atomic E-state index is 10.4. The summed E-state index contributed by atoms with van der Waals surface area (Å²) in [7, 11) is 0. The maximum absolute atomic E-state index is 10.4. The first-order valence-corrected chi connectivity index (χ1v) is 4.87. The second kappa shape index (κ2) is 7.91. The Bertz CT molecular complexity index is 338.